The zero-order valence-electron chi connectivity index (χ0n) is 12.5. The molecule has 0 unspecified atom stereocenters. The maximum absolute atomic E-state index is 13.1. The zero-order valence-corrected chi connectivity index (χ0v) is 12.5. The number of hydrogen-bond donors (Lipinski definition) is 1. The van der Waals surface area contributed by atoms with Gasteiger partial charge in [0.15, 0.2) is 0 Å². The van der Waals surface area contributed by atoms with Crippen molar-refractivity contribution in [3.63, 3.8) is 0 Å². The molecule has 1 fully saturated rings. The Morgan fingerprint density at radius 2 is 1.87 bits per heavy atom. The molecule has 2 aliphatic heterocycles. The molecule has 1 N–H and O–H groups in total. The Labute approximate surface area is 132 Å². The van der Waals surface area contributed by atoms with Crippen molar-refractivity contribution in [1.82, 2.24) is 5.32 Å². The van der Waals surface area contributed by atoms with E-state index in [1.54, 1.807) is 6.07 Å². The van der Waals surface area contributed by atoms with Gasteiger partial charge in [0.2, 0.25) is 0 Å². The van der Waals surface area contributed by atoms with E-state index in [1.165, 1.54) is 17.7 Å². The Morgan fingerprint density at radius 1 is 1.04 bits per heavy atom. The van der Waals surface area contributed by atoms with Gasteiger partial charge in [0, 0.05) is 29.9 Å². The van der Waals surface area contributed by atoms with E-state index in [4.69, 9.17) is 0 Å². The Morgan fingerprint density at radius 3 is 2.70 bits per heavy atom. The maximum Gasteiger partial charge on any atom is 0.416 e. The number of fused-ring (bicyclic) bond motifs is 3. The summed E-state index contributed by atoms with van der Waals surface area (Å²) in [4.78, 5) is 2.09. The molecule has 0 spiro atoms. The molecular formula is C18H17F3N2. The summed E-state index contributed by atoms with van der Waals surface area (Å²) in [5.41, 5.74) is 2.29. The van der Waals surface area contributed by atoms with Crippen molar-refractivity contribution in [2.75, 3.05) is 18.0 Å². The highest BCUT2D eigenvalue weighted by atomic mass is 19.4. The molecule has 1 saturated heterocycles. The Kier molecular flexibility index (Phi) is 3.34. The smallest absolute Gasteiger partial charge is 0.337 e. The van der Waals surface area contributed by atoms with Gasteiger partial charge in [-0.2, -0.15) is 13.2 Å². The van der Waals surface area contributed by atoms with E-state index >= 15 is 0 Å². The minimum Gasteiger partial charge on any atom is -0.337 e. The lowest BCUT2D eigenvalue weighted by atomic mass is 9.90. The lowest BCUT2D eigenvalue weighted by molar-refractivity contribution is -0.137. The first-order chi connectivity index (χ1) is 11.1. The summed E-state index contributed by atoms with van der Waals surface area (Å²) in [6.45, 7) is 1.77. The number of halogens is 3. The van der Waals surface area contributed by atoms with E-state index < -0.39 is 11.7 Å². The average Bonchev–Trinajstić information content (AvgIpc) is 2.89. The SMILES string of the molecule is FC(F)(F)c1cccc(N2c3ccccc3[C@H]3CNCC[C@@H]32)c1. The number of anilines is 2. The van der Waals surface area contributed by atoms with E-state index in [1.807, 2.05) is 18.2 Å². The Balaban J connectivity index is 1.81. The number of nitrogens with zero attached hydrogens (tertiary/aromatic N) is 1. The number of nitrogens with one attached hydrogen (secondary N) is 1. The van der Waals surface area contributed by atoms with Crippen LogP contribution < -0.4 is 10.2 Å². The summed E-state index contributed by atoms with van der Waals surface area (Å²) in [6, 6.07) is 13.9. The van der Waals surface area contributed by atoms with Crippen LogP contribution in [0.2, 0.25) is 0 Å². The second kappa shape index (κ2) is 5.27. The number of alkyl halides is 3. The van der Waals surface area contributed by atoms with Gasteiger partial charge in [0.05, 0.1) is 5.56 Å². The molecule has 0 saturated carbocycles. The van der Waals surface area contributed by atoms with Crippen LogP contribution in [0.5, 0.6) is 0 Å². The van der Waals surface area contributed by atoms with Crippen LogP contribution in [0.1, 0.15) is 23.5 Å². The molecule has 0 aliphatic carbocycles. The second-order valence-electron chi connectivity index (χ2n) is 6.14. The first-order valence-electron chi connectivity index (χ1n) is 7.82. The molecule has 0 bridgehead atoms. The van der Waals surface area contributed by atoms with E-state index in [9.17, 15) is 13.2 Å². The van der Waals surface area contributed by atoms with E-state index in [0.717, 1.165) is 31.3 Å². The van der Waals surface area contributed by atoms with Crippen LogP contribution in [0.25, 0.3) is 0 Å². The predicted molar refractivity (Wildman–Crippen MR) is 84.0 cm³/mol. The van der Waals surface area contributed by atoms with Gasteiger partial charge in [-0.05, 0) is 42.8 Å². The van der Waals surface area contributed by atoms with Crippen molar-refractivity contribution < 1.29 is 13.2 Å². The van der Waals surface area contributed by atoms with Gasteiger partial charge in [-0.25, -0.2) is 0 Å². The Bertz CT molecular complexity index is 726. The van der Waals surface area contributed by atoms with Crippen molar-refractivity contribution in [2.24, 2.45) is 0 Å². The maximum atomic E-state index is 13.1. The van der Waals surface area contributed by atoms with Gasteiger partial charge in [-0.1, -0.05) is 24.3 Å². The fourth-order valence-corrected chi connectivity index (χ4v) is 3.83. The minimum absolute atomic E-state index is 0.220. The quantitative estimate of drug-likeness (QED) is 0.843. The Hall–Kier alpha value is -2.01. The molecule has 2 atom stereocenters. The van der Waals surface area contributed by atoms with Crippen molar-refractivity contribution in [2.45, 2.75) is 24.6 Å². The first-order valence-corrected chi connectivity index (χ1v) is 7.82. The van der Waals surface area contributed by atoms with Crippen LogP contribution in [0.3, 0.4) is 0 Å². The van der Waals surface area contributed by atoms with Crippen LogP contribution in [0.4, 0.5) is 24.5 Å². The normalized spacial score (nSPS) is 23.5. The van der Waals surface area contributed by atoms with Crippen LogP contribution in [-0.2, 0) is 6.18 Å². The second-order valence-corrected chi connectivity index (χ2v) is 6.14. The van der Waals surface area contributed by atoms with Crippen LogP contribution >= 0.6 is 0 Å². The highest BCUT2D eigenvalue weighted by Gasteiger charge is 2.41. The lowest BCUT2D eigenvalue weighted by Gasteiger charge is -2.34. The van der Waals surface area contributed by atoms with Crippen molar-refractivity contribution in [1.29, 1.82) is 0 Å². The number of hydrogen-bond acceptors (Lipinski definition) is 2. The van der Waals surface area contributed by atoms with Gasteiger partial charge in [0.1, 0.15) is 0 Å². The third-order valence-electron chi connectivity index (χ3n) is 4.82. The summed E-state index contributed by atoms with van der Waals surface area (Å²) in [7, 11) is 0. The van der Waals surface area contributed by atoms with Gasteiger partial charge >= 0.3 is 6.18 Å². The highest BCUT2D eigenvalue weighted by molar-refractivity contribution is 5.73. The topological polar surface area (TPSA) is 15.3 Å². The molecule has 2 aromatic carbocycles. The van der Waals surface area contributed by atoms with Crippen molar-refractivity contribution >= 4 is 11.4 Å². The molecule has 0 amide bonds. The molecule has 120 valence electrons. The molecule has 0 radical (unpaired) electrons. The third-order valence-corrected chi connectivity index (χ3v) is 4.82. The molecule has 0 aromatic heterocycles. The zero-order chi connectivity index (χ0) is 16.0. The molecule has 5 heteroatoms. The minimum atomic E-state index is -4.32. The molecule has 2 aliphatic rings. The third kappa shape index (κ3) is 2.39. The first kappa shape index (κ1) is 14.6. The van der Waals surface area contributed by atoms with Crippen LogP contribution in [0, 0.1) is 0 Å². The van der Waals surface area contributed by atoms with Gasteiger partial charge < -0.3 is 10.2 Å². The standard InChI is InChI=1S/C18H17F3N2/c19-18(20,21)12-4-3-5-13(10-12)23-16-7-2-1-6-14(16)15-11-22-9-8-17(15)23/h1-7,10,15,17,22H,8-9,11H2/t15-,17+/m1/s1. The van der Waals surface area contributed by atoms with Gasteiger partial charge in [0.25, 0.3) is 0 Å². The summed E-state index contributed by atoms with van der Waals surface area (Å²) < 4.78 is 39.2. The predicted octanol–water partition coefficient (Wildman–Crippen LogP) is 4.30. The monoisotopic (exact) mass is 318 g/mol. The number of piperidine rings is 1. The van der Waals surface area contributed by atoms with Gasteiger partial charge in [-0.3, -0.25) is 0 Å². The van der Waals surface area contributed by atoms with Crippen molar-refractivity contribution in [3.8, 4) is 0 Å². The highest BCUT2D eigenvalue weighted by Crippen LogP contribution is 2.47. The van der Waals surface area contributed by atoms with Crippen molar-refractivity contribution in [3.05, 3.63) is 59.7 Å². The van der Waals surface area contributed by atoms with Gasteiger partial charge in [-0.15, -0.1) is 0 Å². The largest absolute Gasteiger partial charge is 0.416 e. The molecule has 4 rings (SSSR count). The fourth-order valence-electron chi connectivity index (χ4n) is 3.83. The number of benzene rings is 2. The van der Waals surface area contributed by atoms with E-state index in [0.29, 0.717) is 11.6 Å². The van der Waals surface area contributed by atoms with E-state index in [-0.39, 0.29) is 6.04 Å². The fraction of sp³-hybridized carbons (Fsp3) is 0.333. The molecule has 2 heterocycles. The summed E-state index contributed by atoms with van der Waals surface area (Å²) in [5, 5.41) is 3.40. The lowest BCUT2D eigenvalue weighted by Crippen LogP contribution is -2.42. The summed E-state index contributed by atoms with van der Waals surface area (Å²) in [6.07, 6.45) is -3.39. The molecule has 2 nitrogen and oxygen atoms in total. The molecule has 2 aromatic rings. The number of rotatable bonds is 1. The molecule has 23 heavy (non-hydrogen) atoms. The summed E-state index contributed by atoms with van der Waals surface area (Å²) in [5.74, 6) is 0.328. The van der Waals surface area contributed by atoms with Crippen LogP contribution in [0.15, 0.2) is 48.5 Å². The molecular weight excluding hydrogens is 301 g/mol. The van der Waals surface area contributed by atoms with E-state index in [2.05, 4.69) is 16.3 Å². The number of para-hydroxylation sites is 1. The average molecular weight is 318 g/mol. The van der Waals surface area contributed by atoms with Crippen LogP contribution in [-0.4, -0.2) is 19.1 Å². The summed E-state index contributed by atoms with van der Waals surface area (Å²) >= 11 is 0.